The van der Waals surface area contributed by atoms with Crippen LogP contribution in [0.5, 0.6) is 0 Å². The topological polar surface area (TPSA) is 113 Å². The number of nitrogens with two attached hydrogens (primary N) is 1. The van der Waals surface area contributed by atoms with Gasteiger partial charge in [-0.05, 0) is 80.2 Å². The predicted octanol–water partition coefficient (Wildman–Crippen LogP) is 5.04. The van der Waals surface area contributed by atoms with Gasteiger partial charge in [-0.15, -0.1) is 0 Å². The number of halogens is 5. The number of hydrogen-bond acceptors (Lipinski definition) is 6. The monoisotopic (exact) mass is 662 g/mol. The number of nitrogens with one attached hydrogen (secondary N) is 1. The molecule has 2 saturated heterocycles. The molecule has 2 amide bonds. The Labute approximate surface area is 259 Å². The quantitative estimate of drug-likeness (QED) is 0.389. The van der Waals surface area contributed by atoms with E-state index in [2.05, 4.69) is 10.2 Å². The molecule has 3 N–H and O–H groups in total. The van der Waals surface area contributed by atoms with Crippen LogP contribution in [0, 0.1) is 0 Å². The van der Waals surface area contributed by atoms with E-state index in [0.717, 1.165) is 31.7 Å². The van der Waals surface area contributed by atoms with Crippen molar-refractivity contribution < 1.29 is 31.2 Å². The summed E-state index contributed by atoms with van der Waals surface area (Å²) in [6, 6.07) is 5.71. The fourth-order valence-electron chi connectivity index (χ4n) is 5.97. The summed E-state index contributed by atoms with van der Waals surface area (Å²) in [7, 11) is -3.64. The molecule has 2 heterocycles. The third-order valence-electron chi connectivity index (χ3n) is 8.14. The lowest BCUT2D eigenvalue weighted by Gasteiger charge is -2.44. The molecule has 2 aromatic carbocycles. The Morgan fingerprint density at radius 1 is 1.07 bits per heavy atom. The Hall–Kier alpha value is -2.38. The molecular weight excluding hydrogens is 628 g/mol. The van der Waals surface area contributed by atoms with Crippen LogP contribution in [0.3, 0.4) is 0 Å². The fourth-order valence-corrected chi connectivity index (χ4v) is 7.56. The van der Waals surface area contributed by atoms with Crippen LogP contribution >= 0.6 is 23.2 Å². The summed E-state index contributed by atoms with van der Waals surface area (Å²) in [4.78, 5) is 29.0. The Balaban J connectivity index is 1.54. The number of rotatable bonds is 9. The molecule has 4 rings (SSSR count). The highest BCUT2D eigenvalue weighted by molar-refractivity contribution is 7.91. The molecule has 14 heteroatoms. The largest absolute Gasteiger partial charge is 0.416 e. The zero-order chi connectivity index (χ0) is 31.5. The average Bonchev–Trinajstić information content (AvgIpc) is 2.96. The lowest BCUT2D eigenvalue weighted by molar-refractivity contribution is -0.138. The van der Waals surface area contributed by atoms with Gasteiger partial charge in [0, 0.05) is 41.3 Å². The molecular formula is C29H35Cl2F3N4O4S. The van der Waals surface area contributed by atoms with Gasteiger partial charge in [-0.3, -0.25) is 19.4 Å². The van der Waals surface area contributed by atoms with Gasteiger partial charge in [0.1, 0.15) is 0 Å². The molecule has 2 atom stereocenters. The number of alkyl halides is 3. The van der Waals surface area contributed by atoms with Gasteiger partial charge in [0.05, 0.1) is 22.3 Å². The molecule has 236 valence electrons. The van der Waals surface area contributed by atoms with Crippen LogP contribution in [0.4, 0.5) is 13.2 Å². The number of carbonyl (C=O) groups excluding carboxylic acids is 2. The van der Waals surface area contributed by atoms with Crippen LogP contribution in [-0.4, -0.2) is 67.5 Å². The van der Waals surface area contributed by atoms with Gasteiger partial charge in [0.15, 0.2) is 9.84 Å². The minimum absolute atomic E-state index is 0.0161. The normalized spacial score (nSPS) is 20.6. The first-order chi connectivity index (χ1) is 20.2. The molecule has 8 nitrogen and oxygen atoms in total. The van der Waals surface area contributed by atoms with Gasteiger partial charge < -0.3 is 11.1 Å². The highest BCUT2D eigenvalue weighted by atomic mass is 35.5. The van der Waals surface area contributed by atoms with Gasteiger partial charge in [0.2, 0.25) is 5.91 Å². The molecule has 0 saturated carbocycles. The minimum atomic E-state index is -4.79. The van der Waals surface area contributed by atoms with Crippen molar-refractivity contribution in [3.63, 3.8) is 0 Å². The molecule has 43 heavy (non-hydrogen) atoms. The van der Waals surface area contributed by atoms with Crippen molar-refractivity contribution in [1.29, 1.82) is 0 Å². The van der Waals surface area contributed by atoms with Crippen molar-refractivity contribution in [2.45, 2.75) is 75.3 Å². The summed E-state index contributed by atoms with van der Waals surface area (Å²) in [6.45, 7) is 2.86. The summed E-state index contributed by atoms with van der Waals surface area (Å²) in [5, 5.41) is 2.54. The molecule has 0 spiro atoms. The number of primary amides is 1. The van der Waals surface area contributed by atoms with Crippen molar-refractivity contribution in [2.75, 3.05) is 25.4 Å². The molecule has 0 aromatic heterocycles. The summed E-state index contributed by atoms with van der Waals surface area (Å²) in [6.07, 6.45) is -0.724. The van der Waals surface area contributed by atoms with Gasteiger partial charge in [-0.2, -0.15) is 13.2 Å². The van der Waals surface area contributed by atoms with E-state index in [1.54, 1.807) is 0 Å². The van der Waals surface area contributed by atoms with Crippen LogP contribution in [0.25, 0.3) is 0 Å². The maximum atomic E-state index is 14.3. The van der Waals surface area contributed by atoms with E-state index in [1.807, 2.05) is 4.90 Å². The highest BCUT2D eigenvalue weighted by Gasteiger charge is 2.38. The number of nitrogens with zero attached hydrogens (tertiary/aromatic N) is 2. The molecule has 2 aliphatic heterocycles. The lowest BCUT2D eigenvalue weighted by Crippen LogP contribution is -2.56. The second kappa shape index (κ2) is 13.7. The van der Waals surface area contributed by atoms with Gasteiger partial charge in [0.25, 0.3) is 5.91 Å². The standard InChI is InChI=1S/C29H35Cl2F3N4O4S/c1-2-43(41,42)26-9-8-20(30)12-19(26)15-36-28(40)18-13-23(29(32,33)34)22(24(31)14-18)17-37-10-5-6-21(16-37)38-11-4-3-7-25(38)27(35)39/h8-9,12-14,21,25H,2-7,10-11,15-17H2,1H3,(H2,35,39)(H,36,40)/t21-,25-/m0/s1. The number of carbonyl (C=O) groups is 2. The number of sulfone groups is 1. The second-order valence-electron chi connectivity index (χ2n) is 11.0. The van der Waals surface area contributed by atoms with Gasteiger partial charge >= 0.3 is 6.18 Å². The Bertz CT molecular complexity index is 1470. The van der Waals surface area contributed by atoms with E-state index < -0.39 is 27.5 Å². The van der Waals surface area contributed by atoms with Crippen molar-refractivity contribution in [3.05, 3.63) is 62.6 Å². The molecule has 0 unspecified atom stereocenters. The molecule has 0 aliphatic carbocycles. The number of piperidine rings is 2. The summed E-state index contributed by atoms with van der Waals surface area (Å²) < 4.78 is 67.9. The third kappa shape index (κ3) is 8.02. The molecule has 2 fully saturated rings. The van der Waals surface area contributed by atoms with E-state index in [9.17, 15) is 31.2 Å². The lowest BCUT2D eigenvalue weighted by atomic mass is 9.94. The third-order valence-corrected chi connectivity index (χ3v) is 10.5. The van der Waals surface area contributed by atoms with E-state index in [0.29, 0.717) is 26.1 Å². The SMILES string of the molecule is CCS(=O)(=O)c1ccc(Cl)cc1CNC(=O)c1cc(Cl)c(CN2CCC[C@H](N3CCCC[C@H]3C(N)=O)C2)c(C(F)(F)F)c1. The zero-order valence-electron chi connectivity index (χ0n) is 23.7. The first kappa shape index (κ1) is 33.5. The van der Waals surface area contributed by atoms with Gasteiger partial charge in [-0.1, -0.05) is 36.5 Å². The van der Waals surface area contributed by atoms with Crippen LogP contribution in [0.15, 0.2) is 35.2 Å². The predicted molar refractivity (Wildman–Crippen MR) is 159 cm³/mol. The first-order valence-corrected chi connectivity index (χ1v) is 16.6. The van der Waals surface area contributed by atoms with E-state index in [-0.39, 0.29) is 68.5 Å². The minimum Gasteiger partial charge on any atom is -0.368 e. The molecule has 2 aliphatic rings. The molecule has 2 aromatic rings. The highest BCUT2D eigenvalue weighted by Crippen LogP contribution is 2.38. The van der Waals surface area contributed by atoms with E-state index >= 15 is 0 Å². The second-order valence-corrected chi connectivity index (χ2v) is 14.1. The van der Waals surface area contributed by atoms with Crippen molar-refractivity contribution in [2.24, 2.45) is 5.73 Å². The van der Waals surface area contributed by atoms with Gasteiger partial charge in [-0.25, -0.2) is 8.42 Å². The van der Waals surface area contributed by atoms with Crippen LogP contribution in [0.2, 0.25) is 10.0 Å². The average molecular weight is 664 g/mol. The summed E-state index contributed by atoms with van der Waals surface area (Å²) in [5.74, 6) is -1.41. The Kier molecular flexibility index (Phi) is 10.7. The number of hydrogen-bond donors (Lipinski definition) is 2. The van der Waals surface area contributed by atoms with Crippen LogP contribution < -0.4 is 11.1 Å². The molecule has 0 bridgehead atoms. The summed E-state index contributed by atoms with van der Waals surface area (Å²) in [5.41, 5.74) is 4.40. The Morgan fingerprint density at radius 2 is 1.81 bits per heavy atom. The first-order valence-electron chi connectivity index (χ1n) is 14.2. The van der Waals surface area contributed by atoms with Crippen molar-refractivity contribution in [3.8, 4) is 0 Å². The maximum Gasteiger partial charge on any atom is 0.416 e. The summed E-state index contributed by atoms with van der Waals surface area (Å²) >= 11 is 12.4. The number of amides is 2. The smallest absolute Gasteiger partial charge is 0.368 e. The Morgan fingerprint density at radius 3 is 2.49 bits per heavy atom. The van der Waals surface area contributed by atoms with Crippen molar-refractivity contribution >= 4 is 44.9 Å². The van der Waals surface area contributed by atoms with E-state index in [1.165, 1.54) is 31.2 Å². The number of likely N-dealkylation sites (tertiary alicyclic amines) is 2. The van der Waals surface area contributed by atoms with Crippen LogP contribution in [0.1, 0.15) is 66.1 Å². The van der Waals surface area contributed by atoms with E-state index in [4.69, 9.17) is 28.9 Å². The van der Waals surface area contributed by atoms with Crippen LogP contribution in [-0.2, 0) is 33.9 Å². The zero-order valence-corrected chi connectivity index (χ0v) is 26.1. The fraction of sp³-hybridized carbons (Fsp3) is 0.517. The van der Waals surface area contributed by atoms with Crippen molar-refractivity contribution in [1.82, 2.24) is 15.1 Å². The molecule has 0 radical (unpaired) electrons. The maximum absolute atomic E-state index is 14.3. The number of benzene rings is 2.